The highest BCUT2D eigenvalue weighted by Gasteiger charge is 2.46. The molecule has 5 rings (SSSR count). The zero-order valence-electron chi connectivity index (χ0n) is 15.9. The molecule has 1 amide bonds. The standard InChI is InChI=1S/C22H16N2O4S2/c1-2-12-7-8-13-16(11-12)30-22(23-13)24-18(15-6-4-10-29-15)17(20(26)21(24)27)19(25)14-5-3-9-28-14/h3-11,18,26H,2H2,1H3/t18-/m1/s1. The molecule has 150 valence electrons. The summed E-state index contributed by atoms with van der Waals surface area (Å²) in [4.78, 5) is 33.0. The Labute approximate surface area is 179 Å². The van der Waals surface area contributed by atoms with Gasteiger partial charge in [-0.15, -0.1) is 11.3 Å². The van der Waals surface area contributed by atoms with Crippen molar-refractivity contribution in [1.29, 1.82) is 0 Å². The van der Waals surface area contributed by atoms with Crippen LogP contribution in [0.25, 0.3) is 10.2 Å². The highest BCUT2D eigenvalue weighted by Crippen LogP contribution is 2.45. The Morgan fingerprint density at radius 2 is 2.13 bits per heavy atom. The number of carbonyl (C=O) groups excluding carboxylic acids is 2. The summed E-state index contributed by atoms with van der Waals surface area (Å²) in [7, 11) is 0. The number of carbonyl (C=O) groups is 2. The van der Waals surface area contributed by atoms with Crippen LogP contribution in [0.15, 0.2) is 69.9 Å². The first-order valence-electron chi connectivity index (χ1n) is 9.36. The van der Waals surface area contributed by atoms with Crippen LogP contribution in [0.5, 0.6) is 0 Å². The summed E-state index contributed by atoms with van der Waals surface area (Å²) in [5.74, 6) is -1.65. The fourth-order valence-corrected chi connectivity index (χ4v) is 5.45. The number of aliphatic hydroxyl groups is 1. The maximum atomic E-state index is 13.1. The number of fused-ring (bicyclic) bond motifs is 1. The first-order chi connectivity index (χ1) is 14.6. The Morgan fingerprint density at radius 1 is 1.27 bits per heavy atom. The van der Waals surface area contributed by atoms with Crippen molar-refractivity contribution in [3.63, 3.8) is 0 Å². The SMILES string of the molecule is CCc1ccc2nc(N3C(=O)C(O)=C(C(=O)c4ccco4)[C@H]3c3cccs3)sc2c1. The first-order valence-corrected chi connectivity index (χ1v) is 11.1. The van der Waals surface area contributed by atoms with Gasteiger partial charge in [-0.25, -0.2) is 4.98 Å². The zero-order valence-corrected chi connectivity index (χ0v) is 17.5. The summed E-state index contributed by atoms with van der Waals surface area (Å²) in [5, 5.41) is 13.0. The Bertz CT molecular complexity index is 1290. The van der Waals surface area contributed by atoms with Crippen molar-refractivity contribution in [3.8, 4) is 0 Å². The minimum Gasteiger partial charge on any atom is -0.503 e. The molecule has 0 fully saturated rings. The number of furan rings is 1. The molecular weight excluding hydrogens is 420 g/mol. The number of thiazole rings is 1. The summed E-state index contributed by atoms with van der Waals surface area (Å²) in [5.41, 5.74) is 1.95. The van der Waals surface area contributed by atoms with Gasteiger partial charge in [0.1, 0.15) is 6.04 Å². The summed E-state index contributed by atoms with van der Waals surface area (Å²) >= 11 is 2.78. The van der Waals surface area contributed by atoms with Gasteiger partial charge in [-0.3, -0.25) is 14.5 Å². The van der Waals surface area contributed by atoms with Crippen molar-refractivity contribution in [3.05, 3.63) is 81.6 Å². The molecule has 0 saturated carbocycles. The van der Waals surface area contributed by atoms with Crippen molar-refractivity contribution in [2.75, 3.05) is 4.90 Å². The number of Topliss-reactive ketones (excluding diaryl/α,β-unsaturated/α-hetero) is 1. The number of aryl methyl sites for hydroxylation is 1. The number of aliphatic hydroxyl groups excluding tert-OH is 1. The van der Waals surface area contributed by atoms with E-state index in [4.69, 9.17) is 4.42 Å². The van der Waals surface area contributed by atoms with Crippen LogP contribution in [0.3, 0.4) is 0 Å². The molecule has 0 bridgehead atoms. The second-order valence-electron chi connectivity index (χ2n) is 6.81. The molecule has 4 heterocycles. The van der Waals surface area contributed by atoms with Crippen LogP contribution in [0.4, 0.5) is 5.13 Å². The van der Waals surface area contributed by atoms with Crippen molar-refractivity contribution in [2.24, 2.45) is 0 Å². The number of rotatable bonds is 5. The van der Waals surface area contributed by atoms with Gasteiger partial charge in [-0.05, 0) is 47.7 Å². The number of benzene rings is 1. The van der Waals surface area contributed by atoms with Crippen molar-refractivity contribution >= 4 is 49.7 Å². The molecule has 0 saturated heterocycles. The molecular formula is C22H16N2O4S2. The summed E-state index contributed by atoms with van der Waals surface area (Å²) in [6, 6.07) is 12.0. The van der Waals surface area contributed by atoms with Gasteiger partial charge < -0.3 is 9.52 Å². The second kappa shape index (κ2) is 7.23. The van der Waals surface area contributed by atoms with Gasteiger partial charge >= 0.3 is 0 Å². The molecule has 0 aliphatic carbocycles. The predicted molar refractivity (Wildman–Crippen MR) is 116 cm³/mol. The molecule has 1 aliphatic heterocycles. The highest BCUT2D eigenvalue weighted by molar-refractivity contribution is 7.22. The molecule has 0 radical (unpaired) electrons. The van der Waals surface area contributed by atoms with E-state index < -0.39 is 23.5 Å². The zero-order chi connectivity index (χ0) is 20.8. The van der Waals surface area contributed by atoms with E-state index in [2.05, 4.69) is 18.0 Å². The molecule has 0 unspecified atom stereocenters. The van der Waals surface area contributed by atoms with Gasteiger partial charge in [0.25, 0.3) is 5.91 Å². The smallest absolute Gasteiger partial charge is 0.296 e. The van der Waals surface area contributed by atoms with Gasteiger partial charge in [0.2, 0.25) is 5.78 Å². The molecule has 4 aromatic rings. The van der Waals surface area contributed by atoms with E-state index in [0.29, 0.717) is 5.13 Å². The fourth-order valence-electron chi connectivity index (χ4n) is 3.57. The number of hydrogen-bond acceptors (Lipinski definition) is 7. The average molecular weight is 437 g/mol. The molecule has 3 aromatic heterocycles. The van der Waals surface area contributed by atoms with Crippen molar-refractivity contribution in [1.82, 2.24) is 4.98 Å². The number of thiophene rings is 1. The van der Waals surface area contributed by atoms with E-state index in [9.17, 15) is 14.7 Å². The van der Waals surface area contributed by atoms with Crippen LogP contribution < -0.4 is 4.90 Å². The fraction of sp³-hybridized carbons (Fsp3) is 0.136. The van der Waals surface area contributed by atoms with Crippen molar-refractivity contribution < 1.29 is 19.1 Å². The summed E-state index contributed by atoms with van der Waals surface area (Å²) < 4.78 is 6.19. The molecule has 30 heavy (non-hydrogen) atoms. The minimum absolute atomic E-state index is 0.00547. The summed E-state index contributed by atoms with van der Waals surface area (Å²) in [6.45, 7) is 2.08. The van der Waals surface area contributed by atoms with Crippen molar-refractivity contribution in [2.45, 2.75) is 19.4 Å². The Balaban J connectivity index is 1.65. The molecule has 1 atom stereocenters. The lowest BCUT2D eigenvalue weighted by Crippen LogP contribution is -2.30. The van der Waals surface area contributed by atoms with E-state index in [1.807, 2.05) is 29.6 Å². The minimum atomic E-state index is -0.763. The lowest BCUT2D eigenvalue weighted by Gasteiger charge is -2.22. The van der Waals surface area contributed by atoms with E-state index in [1.54, 1.807) is 6.07 Å². The summed E-state index contributed by atoms with van der Waals surface area (Å²) in [6.07, 6.45) is 2.28. The van der Waals surface area contributed by atoms with Crippen LogP contribution in [0, 0.1) is 0 Å². The maximum absolute atomic E-state index is 13.1. The van der Waals surface area contributed by atoms with E-state index in [-0.39, 0.29) is 11.3 Å². The third-order valence-electron chi connectivity index (χ3n) is 5.07. The molecule has 0 spiro atoms. The molecule has 1 aliphatic rings. The number of aromatic nitrogens is 1. The van der Waals surface area contributed by atoms with Gasteiger partial charge in [-0.1, -0.05) is 30.4 Å². The third-order valence-corrected chi connectivity index (χ3v) is 7.01. The lowest BCUT2D eigenvalue weighted by molar-refractivity contribution is -0.117. The topological polar surface area (TPSA) is 83.6 Å². The van der Waals surface area contributed by atoms with Crippen LogP contribution >= 0.6 is 22.7 Å². The third kappa shape index (κ3) is 2.88. The Kier molecular flexibility index (Phi) is 4.52. The number of hydrogen-bond donors (Lipinski definition) is 1. The van der Waals surface area contributed by atoms with E-state index in [0.717, 1.165) is 21.5 Å². The van der Waals surface area contributed by atoms with E-state index in [1.165, 1.54) is 45.5 Å². The average Bonchev–Trinajstić information content (AvgIpc) is 3.54. The first kappa shape index (κ1) is 18.8. The molecule has 8 heteroatoms. The van der Waals surface area contributed by atoms with Gasteiger partial charge in [0.05, 0.1) is 22.1 Å². The van der Waals surface area contributed by atoms with Gasteiger partial charge in [0, 0.05) is 4.88 Å². The molecule has 1 aromatic carbocycles. The van der Waals surface area contributed by atoms with Crippen LogP contribution in [-0.4, -0.2) is 21.8 Å². The van der Waals surface area contributed by atoms with Crippen LogP contribution in [0.1, 0.15) is 34.0 Å². The number of amides is 1. The maximum Gasteiger partial charge on any atom is 0.296 e. The number of nitrogens with zero attached hydrogens (tertiary/aromatic N) is 2. The highest BCUT2D eigenvalue weighted by atomic mass is 32.1. The second-order valence-corrected chi connectivity index (χ2v) is 8.80. The largest absolute Gasteiger partial charge is 0.503 e. The number of anilines is 1. The Morgan fingerprint density at radius 3 is 2.83 bits per heavy atom. The van der Waals surface area contributed by atoms with Gasteiger partial charge in [-0.2, -0.15) is 0 Å². The van der Waals surface area contributed by atoms with Gasteiger partial charge in [0.15, 0.2) is 16.7 Å². The van der Waals surface area contributed by atoms with Crippen LogP contribution in [0.2, 0.25) is 0 Å². The molecule has 1 N–H and O–H groups in total. The Hall–Kier alpha value is -3.23. The monoisotopic (exact) mass is 436 g/mol. The lowest BCUT2D eigenvalue weighted by atomic mass is 10.0. The normalized spacial score (nSPS) is 16.8. The van der Waals surface area contributed by atoms with Crippen LogP contribution in [-0.2, 0) is 11.2 Å². The van der Waals surface area contributed by atoms with E-state index >= 15 is 0 Å². The number of ketones is 1. The quantitative estimate of drug-likeness (QED) is 0.430. The predicted octanol–water partition coefficient (Wildman–Crippen LogP) is 5.30. The molecule has 6 nitrogen and oxygen atoms in total.